The molecule has 1 atom stereocenters. The Kier molecular flexibility index (Phi) is 4.42. The van der Waals surface area contributed by atoms with Crippen molar-refractivity contribution in [2.75, 3.05) is 6.61 Å². The second kappa shape index (κ2) is 6.09. The van der Waals surface area contributed by atoms with Crippen LogP contribution in [0, 0.1) is 6.92 Å². The fourth-order valence-corrected chi connectivity index (χ4v) is 2.36. The predicted octanol–water partition coefficient (Wildman–Crippen LogP) is 0.461. The molecule has 2 aromatic heterocycles. The maximum atomic E-state index is 12.4. The van der Waals surface area contributed by atoms with Crippen LogP contribution in [-0.4, -0.2) is 38.4 Å². The lowest BCUT2D eigenvalue weighted by molar-refractivity contribution is 0.0930. The number of H-pyrrole nitrogens is 1. The number of aromatic amines is 1. The Labute approximate surface area is 122 Å². The van der Waals surface area contributed by atoms with Crippen molar-refractivity contribution < 1.29 is 9.90 Å². The van der Waals surface area contributed by atoms with Gasteiger partial charge in [-0.15, -0.1) is 0 Å². The summed E-state index contributed by atoms with van der Waals surface area (Å²) in [5, 5.41) is 14.7. The topological polar surface area (TPSA) is 100 Å². The van der Waals surface area contributed by atoms with Crippen molar-refractivity contribution in [1.29, 1.82) is 0 Å². The number of rotatable bonds is 5. The summed E-state index contributed by atoms with van der Waals surface area (Å²) in [6.07, 6.45) is 1.20. The van der Waals surface area contributed by atoms with E-state index in [1.54, 1.807) is 20.0 Å². The lowest BCUT2D eigenvalue weighted by Gasteiger charge is -2.16. The van der Waals surface area contributed by atoms with Gasteiger partial charge in [0.05, 0.1) is 10.9 Å². The Bertz CT molecular complexity index is 717. The number of hydrogen-bond donors (Lipinski definition) is 3. The summed E-state index contributed by atoms with van der Waals surface area (Å²) < 4.78 is 1.51. The van der Waals surface area contributed by atoms with Crippen LogP contribution < -0.4 is 10.9 Å². The molecule has 0 aromatic carbocycles. The molecule has 2 aromatic rings. The third-order valence-electron chi connectivity index (χ3n) is 3.49. The zero-order valence-corrected chi connectivity index (χ0v) is 12.4. The molecule has 0 fully saturated rings. The smallest absolute Gasteiger partial charge is 0.274 e. The standard InChI is InChI=1S/C14H20N4O3/c1-4-9(5-6-19)16-13(20)10-7-8(2)15-12-11(10)14(21)17-18(12)3/h7,9,19H,4-6H2,1-3H3,(H,16,20)(H,17,21). The van der Waals surface area contributed by atoms with Crippen LogP contribution >= 0.6 is 0 Å². The van der Waals surface area contributed by atoms with Gasteiger partial charge in [-0.3, -0.25) is 19.4 Å². The molecule has 0 saturated carbocycles. The van der Waals surface area contributed by atoms with E-state index in [1.165, 1.54) is 4.68 Å². The molecule has 0 bridgehead atoms. The number of carbonyl (C=O) groups excluding carboxylic acids is 1. The van der Waals surface area contributed by atoms with Crippen molar-refractivity contribution in [1.82, 2.24) is 20.1 Å². The molecule has 0 aliphatic rings. The van der Waals surface area contributed by atoms with Gasteiger partial charge >= 0.3 is 0 Å². The largest absolute Gasteiger partial charge is 0.396 e. The molecule has 0 radical (unpaired) electrons. The van der Waals surface area contributed by atoms with Crippen molar-refractivity contribution in [2.24, 2.45) is 7.05 Å². The Morgan fingerprint density at radius 3 is 2.90 bits per heavy atom. The van der Waals surface area contributed by atoms with Crippen molar-refractivity contribution in [3.05, 3.63) is 27.7 Å². The van der Waals surface area contributed by atoms with Gasteiger partial charge in [-0.05, 0) is 25.8 Å². The van der Waals surface area contributed by atoms with E-state index >= 15 is 0 Å². The SMILES string of the molecule is CCC(CCO)NC(=O)c1cc(C)nc2c1c(=O)[nH]n2C. The highest BCUT2D eigenvalue weighted by Crippen LogP contribution is 2.15. The molecule has 0 spiro atoms. The molecule has 7 heteroatoms. The Morgan fingerprint density at radius 2 is 2.29 bits per heavy atom. The molecule has 2 rings (SSSR count). The van der Waals surface area contributed by atoms with Gasteiger partial charge in [0.15, 0.2) is 5.65 Å². The molecule has 1 unspecified atom stereocenters. The number of fused-ring (bicyclic) bond motifs is 1. The second-order valence-corrected chi connectivity index (χ2v) is 5.10. The predicted molar refractivity (Wildman–Crippen MR) is 79.3 cm³/mol. The van der Waals surface area contributed by atoms with Gasteiger partial charge in [-0.2, -0.15) is 0 Å². The number of aliphatic hydroxyl groups is 1. The minimum Gasteiger partial charge on any atom is -0.396 e. The number of aliphatic hydroxyl groups excluding tert-OH is 1. The summed E-state index contributed by atoms with van der Waals surface area (Å²) in [5.74, 6) is -0.317. The second-order valence-electron chi connectivity index (χ2n) is 5.10. The fourth-order valence-electron chi connectivity index (χ4n) is 2.36. The van der Waals surface area contributed by atoms with E-state index in [2.05, 4.69) is 15.4 Å². The van der Waals surface area contributed by atoms with E-state index in [1.807, 2.05) is 6.92 Å². The zero-order chi connectivity index (χ0) is 15.6. The summed E-state index contributed by atoms with van der Waals surface area (Å²) >= 11 is 0. The van der Waals surface area contributed by atoms with E-state index in [9.17, 15) is 9.59 Å². The Morgan fingerprint density at radius 1 is 1.57 bits per heavy atom. The number of nitrogens with zero attached hydrogens (tertiary/aromatic N) is 2. The summed E-state index contributed by atoms with van der Waals surface area (Å²) in [6.45, 7) is 3.72. The van der Waals surface area contributed by atoms with E-state index < -0.39 is 0 Å². The number of nitrogens with one attached hydrogen (secondary N) is 2. The summed E-state index contributed by atoms with van der Waals surface area (Å²) in [7, 11) is 1.68. The van der Waals surface area contributed by atoms with Gasteiger partial charge in [-0.1, -0.05) is 6.92 Å². The average molecular weight is 292 g/mol. The highest BCUT2D eigenvalue weighted by atomic mass is 16.3. The summed E-state index contributed by atoms with van der Waals surface area (Å²) in [5.41, 5.74) is 1.11. The first-order chi connectivity index (χ1) is 9.97. The third-order valence-corrected chi connectivity index (χ3v) is 3.49. The van der Waals surface area contributed by atoms with Crippen LogP contribution in [0.4, 0.5) is 0 Å². The number of hydrogen-bond acceptors (Lipinski definition) is 4. The minimum absolute atomic E-state index is 0.00942. The first kappa shape index (κ1) is 15.2. The molecule has 0 aliphatic heterocycles. The Balaban J connectivity index is 2.46. The van der Waals surface area contributed by atoms with Gasteiger partial charge in [0.2, 0.25) is 0 Å². The molecule has 3 N–H and O–H groups in total. The molecule has 2 heterocycles. The number of amides is 1. The van der Waals surface area contributed by atoms with Gasteiger partial charge in [0.25, 0.3) is 11.5 Å². The van der Waals surface area contributed by atoms with Crippen LogP contribution in [0.2, 0.25) is 0 Å². The van der Waals surface area contributed by atoms with Gasteiger partial charge in [-0.25, -0.2) is 4.98 Å². The van der Waals surface area contributed by atoms with Crippen molar-refractivity contribution in [3.8, 4) is 0 Å². The Hall–Kier alpha value is -2.15. The van der Waals surface area contributed by atoms with Crippen LogP contribution in [0.1, 0.15) is 35.8 Å². The number of carbonyl (C=O) groups is 1. The highest BCUT2D eigenvalue weighted by Gasteiger charge is 2.19. The van der Waals surface area contributed by atoms with Crippen LogP contribution in [-0.2, 0) is 7.05 Å². The fraction of sp³-hybridized carbons (Fsp3) is 0.500. The van der Waals surface area contributed by atoms with Crippen molar-refractivity contribution in [3.63, 3.8) is 0 Å². The first-order valence-corrected chi connectivity index (χ1v) is 6.96. The zero-order valence-electron chi connectivity index (χ0n) is 12.4. The number of aromatic nitrogens is 3. The lowest BCUT2D eigenvalue weighted by atomic mass is 10.1. The molecule has 114 valence electrons. The van der Waals surface area contributed by atoms with E-state index in [0.717, 1.165) is 0 Å². The van der Waals surface area contributed by atoms with Crippen LogP contribution in [0.15, 0.2) is 10.9 Å². The molecule has 21 heavy (non-hydrogen) atoms. The molecular weight excluding hydrogens is 272 g/mol. The molecule has 0 saturated heterocycles. The van der Waals surface area contributed by atoms with Crippen molar-refractivity contribution in [2.45, 2.75) is 32.7 Å². The quantitative estimate of drug-likeness (QED) is 0.745. The van der Waals surface area contributed by atoms with E-state index in [0.29, 0.717) is 35.1 Å². The van der Waals surface area contributed by atoms with Crippen LogP contribution in [0.5, 0.6) is 0 Å². The maximum Gasteiger partial charge on any atom is 0.274 e. The lowest BCUT2D eigenvalue weighted by Crippen LogP contribution is -2.35. The summed E-state index contributed by atoms with van der Waals surface area (Å²) in [6, 6.07) is 1.49. The van der Waals surface area contributed by atoms with E-state index in [4.69, 9.17) is 5.11 Å². The van der Waals surface area contributed by atoms with Crippen molar-refractivity contribution >= 4 is 16.9 Å². The first-order valence-electron chi connectivity index (χ1n) is 6.96. The molecule has 0 aliphatic carbocycles. The van der Waals surface area contributed by atoms with Gasteiger partial charge in [0, 0.05) is 25.4 Å². The monoisotopic (exact) mass is 292 g/mol. The van der Waals surface area contributed by atoms with Crippen LogP contribution in [0.3, 0.4) is 0 Å². The number of aryl methyl sites for hydroxylation is 2. The summed E-state index contributed by atoms with van der Waals surface area (Å²) in [4.78, 5) is 28.7. The third kappa shape index (κ3) is 2.97. The number of pyridine rings is 1. The van der Waals surface area contributed by atoms with Crippen LogP contribution in [0.25, 0.3) is 11.0 Å². The minimum atomic E-state index is -0.333. The molecule has 7 nitrogen and oxygen atoms in total. The van der Waals surface area contributed by atoms with Gasteiger partial charge < -0.3 is 10.4 Å². The van der Waals surface area contributed by atoms with E-state index in [-0.39, 0.29) is 24.1 Å². The van der Waals surface area contributed by atoms with Gasteiger partial charge in [0.1, 0.15) is 0 Å². The molecule has 1 amide bonds. The normalized spacial score (nSPS) is 12.6. The highest BCUT2D eigenvalue weighted by molar-refractivity contribution is 6.05. The molecular formula is C14H20N4O3. The average Bonchev–Trinajstić information content (AvgIpc) is 2.72. The maximum absolute atomic E-state index is 12.4.